The molecule has 0 radical (unpaired) electrons. The van der Waals surface area contributed by atoms with Gasteiger partial charge in [0.1, 0.15) is 0 Å². The number of amides is 2. The molecule has 0 spiro atoms. The molecule has 2 amide bonds. The van der Waals surface area contributed by atoms with E-state index in [9.17, 15) is 14.4 Å². The number of aromatic nitrogens is 3. The van der Waals surface area contributed by atoms with Gasteiger partial charge in [0, 0.05) is 37.9 Å². The highest BCUT2D eigenvalue weighted by molar-refractivity contribution is 5.79. The van der Waals surface area contributed by atoms with Crippen molar-refractivity contribution in [2.24, 2.45) is 5.92 Å². The largest absolute Gasteiger partial charge is 0.337 e. The maximum atomic E-state index is 13.3. The molecule has 1 N–H and O–H groups in total. The van der Waals surface area contributed by atoms with E-state index in [1.807, 2.05) is 22.8 Å². The standard InChI is InChI=1S/C23H31N5O3/c1-2-21(29)27-11-6-5-9-19(27)18-13-20-24-17-10-12-26(22(30)15-7-3-4-8-15)14-16(17)23(31)28(20)25-18/h13,15,19,25H,2-12,14H2,1H3/t19-/m0/s1. The van der Waals surface area contributed by atoms with E-state index >= 15 is 0 Å². The van der Waals surface area contributed by atoms with Gasteiger partial charge >= 0.3 is 0 Å². The molecular weight excluding hydrogens is 394 g/mol. The molecule has 0 aromatic carbocycles. The summed E-state index contributed by atoms with van der Waals surface area (Å²) in [6.07, 6.45) is 8.23. The number of carbonyl (C=O) groups excluding carboxylic acids is 2. The second kappa shape index (κ2) is 8.13. The fraction of sp³-hybridized carbons (Fsp3) is 0.652. The van der Waals surface area contributed by atoms with E-state index in [2.05, 4.69) is 5.10 Å². The van der Waals surface area contributed by atoms with E-state index in [0.717, 1.165) is 62.9 Å². The van der Waals surface area contributed by atoms with Crippen molar-refractivity contribution in [2.75, 3.05) is 13.1 Å². The number of hydrogen-bond donors (Lipinski definition) is 1. The Labute approximate surface area is 181 Å². The number of nitrogens with one attached hydrogen (secondary N) is 1. The van der Waals surface area contributed by atoms with Gasteiger partial charge in [-0.15, -0.1) is 0 Å². The van der Waals surface area contributed by atoms with Crippen LogP contribution in [0.3, 0.4) is 0 Å². The first kappa shape index (κ1) is 20.3. The Kier molecular flexibility index (Phi) is 5.32. The van der Waals surface area contributed by atoms with E-state index in [0.29, 0.717) is 37.1 Å². The van der Waals surface area contributed by atoms with Crippen molar-refractivity contribution >= 4 is 17.5 Å². The highest BCUT2D eigenvalue weighted by atomic mass is 16.2. The lowest BCUT2D eigenvalue weighted by Gasteiger charge is -2.35. The van der Waals surface area contributed by atoms with Gasteiger partial charge in [0.05, 0.1) is 29.5 Å². The van der Waals surface area contributed by atoms with E-state index in [4.69, 9.17) is 4.98 Å². The molecule has 4 heterocycles. The molecule has 2 aromatic rings. The highest BCUT2D eigenvalue weighted by Gasteiger charge is 2.32. The first-order valence-corrected chi connectivity index (χ1v) is 11.8. The van der Waals surface area contributed by atoms with Gasteiger partial charge in [-0.3, -0.25) is 19.5 Å². The topological polar surface area (TPSA) is 90.8 Å². The summed E-state index contributed by atoms with van der Waals surface area (Å²) in [7, 11) is 0. The summed E-state index contributed by atoms with van der Waals surface area (Å²) in [5, 5.41) is 3.24. The van der Waals surface area contributed by atoms with Crippen LogP contribution in [0.25, 0.3) is 5.65 Å². The number of rotatable bonds is 3. The number of aromatic amines is 1. The third-order valence-electron chi connectivity index (χ3n) is 7.28. The Morgan fingerprint density at radius 3 is 2.68 bits per heavy atom. The van der Waals surface area contributed by atoms with Crippen molar-refractivity contribution in [2.45, 2.75) is 77.3 Å². The molecule has 31 heavy (non-hydrogen) atoms. The number of fused-ring (bicyclic) bond motifs is 2. The van der Waals surface area contributed by atoms with Crippen LogP contribution in [0.15, 0.2) is 10.9 Å². The number of hydrogen-bond acceptors (Lipinski definition) is 4. The summed E-state index contributed by atoms with van der Waals surface area (Å²) in [5.41, 5.74) is 2.76. The maximum absolute atomic E-state index is 13.3. The van der Waals surface area contributed by atoms with Gasteiger partial charge in [-0.05, 0) is 32.1 Å². The Morgan fingerprint density at radius 1 is 1.13 bits per heavy atom. The van der Waals surface area contributed by atoms with Crippen molar-refractivity contribution in [3.63, 3.8) is 0 Å². The molecular formula is C23H31N5O3. The number of nitrogens with zero attached hydrogens (tertiary/aromatic N) is 4. The van der Waals surface area contributed by atoms with Crippen molar-refractivity contribution in [3.8, 4) is 0 Å². The van der Waals surface area contributed by atoms with E-state index in [1.54, 1.807) is 0 Å². The Bertz CT molecular complexity index is 1070. The quantitative estimate of drug-likeness (QED) is 0.818. The summed E-state index contributed by atoms with van der Waals surface area (Å²) >= 11 is 0. The molecule has 2 fully saturated rings. The maximum Gasteiger partial charge on any atom is 0.277 e. The molecule has 1 atom stereocenters. The minimum Gasteiger partial charge on any atom is -0.337 e. The van der Waals surface area contributed by atoms with Crippen LogP contribution >= 0.6 is 0 Å². The SMILES string of the molecule is CCC(=O)N1CCCC[C@H]1c1cc2nc3c(c(=O)n2[nH]1)CN(C(=O)C1CCCC1)CC3. The molecule has 166 valence electrons. The van der Waals surface area contributed by atoms with Crippen LogP contribution in [0.2, 0.25) is 0 Å². The van der Waals surface area contributed by atoms with Crippen LogP contribution in [0.5, 0.6) is 0 Å². The van der Waals surface area contributed by atoms with Crippen molar-refractivity contribution in [3.05, 3.63) is 33.4 Å². The Morgan fingerprint density at radius 2 is 1.90 bits per heavy atom. The van der Waals surface area contributed by atoms with E-state index < -0.39 is 0 Å². The van der Waals surface area contributed by atoms with Gasteiger partial charge in [-0.2, -0.15) is 0 Å². The lowest BCUT2D eigenvalue weighted by molar-refractivity contribution is -0.136. The monoisotopic (exact) mass is 425 g/mol. The highest BCUT2D eigenvalue weighted by Crippen LogP contribution is 2.31. The van der Waals surface area contributed by atoms with E-state index in [1.165, 1.54) is 4.52 Å². The van der Waals surface area contributed by atoms with Crippen LogP contribution in [0, 0.1) is 5.92 Å². The number of piperidine rings is 1. The predicted molar refractivity (Wildman–Crippen MR) is 115 cm³/mol. The van der Waals surface area contributed by atoms with Gasteiger partial charge in [-0.1, -0.05) is 19.8 Å². The molecule has 5 rings (SSSR count). The lowest BCUT2D eigenvalue weighted by Crippen LogP contribution is -2.42. The fourth-order valence-electron chi connectivity index (χ4n) is 5.55. The average Bonchev–Trinajstić information content (AvgIpc) is 3.48. The van der Waals surface area contributed by atoms with Crippen LogP contribution in [0.1, 0.15) is 81.3 Å². The summed E-state index contributed by atoms with van der Waals surface area (Å²) in [4.78, 5) is 47.2. The summed E-state index contributed by atoms with van der Waals surface area (Å²) in [5.74, 6) is 0.450. The van der Waals surface area contributed by atoms with E-state index in [-0.39, 0.29) is 29.3 Å². The van der Waals surface area contributed by atoms with Gasteiger partial charge in [-0.25, -0.2) is 9.50 Å². The summed E-state index contributed by atoms with van der Waals surface area (Å²) in [6.45, 7) is 3.61. The summed E-state index contributed by atoms with van der Waals surface area (Å²) < 4.78 is 1.50. The zero-order chi connectivity index (χ0) is 21.5. The average molecular weight is 426 g/mol. The number of carbonyl (C=O) groups is 2. The Hall–Kier alpha value is -2.64. The zero-order valence-electron chi connectivity index (χ0n) is 18.2. The third-order valence-corrected chi connectivity index (χ3v) is 7.28. The van der Waals surface area contributed by atoms with Crippen molar-refractivity contribution in [1.29, 1.82) is 0 Å². The lowest BCUT2D eigenvalue weighted by atomic mass is 9.99. The summed E-state index contributed by atoms with van der Waals surface area (Å²) in [6, 6.07) is 1.88. The second-order valence-electron chi connectivity index (χ2n) is 9.19. The van der Waals surface area contributed by atoms with Crippen LogP contribution in [0.4, 0.5) is 0 Å². The van der Waals surface area contributed by atoms with Gasteiger partial charge in [0.2, 0.25) is 11.8 Å². The van der Waals surface area contributed by atoms with Crippen LogP contribution < -0.4 is 5.56 Å². The molecule has 2 aliphatic heterocycles. The fourth-order valence-corrected chi connectivity index (χ4v) is 5.55. The molecule has 2 aromatic heterocycles. The van der Waals surface area contributed by atoms with Crippen LogP contribution in [-0.2, 0) is 22.6 Å². The second-order valence-corrected chi connectivity index (χ2v) is 9.19. The predicted octanol–water partition coefficient (Wildman–Crippen LogP) is 2.56. The smallest absolute Gasteiger partial charge is 0.277 e. The normalized spacial score (nSPS) is 22.2. The molecule has 1 saturated carbocycles. The van der Waals surface area contributed by atoms with Crippen LogP contribution in [-0.4, -0.2) is 49.3 Å². The first-order chi connectivity index (χ1) is 15.1. The number of H-pyrrole nitrogens is 1. The van der Waals surface area contributed by atoms with Gasteiger partial charge in [0.15, 0.2) is 5.65 Å². The minimum absolute atomic E-state index is 0.0419. The Balaban J connectivity index is 1.46. The van der Waals surface area contributed by atoms with Gasteiger partial charge in [0.25, 0.3) is 5.56 Å². The molecule has 8 nitrogen and oxygen atoms in total. The minimum atomic E-state index is -0.126. The molecule has 8 heteroatoms. The van der Waals surface area contributed by atoms with Crippen molar-refractivity contribution < 1.29 is 9.59 Å². The third kappa shape index (κ3) is 3.55. The van der Waals surface area contributed by atoms with Crippen molar-refractivity contribution in [1.82, 2.24) is 24.4 Å². The molecule has 3 aliphatic rings. The van der Waals surface area contributed by atoms with Gasteiger partial charge < -0.3 is 9.80 Å². The molecule has 0 unspecified atom stereocenters. The molecule has 0 bridgehead atoms. The first-order valence-electron chi connectivity index (χ1n) is 11.8. The molecule has 1 saturated heterocycles. The number of likely N-dealkylation sites (tertiary alicyclic amines) is 1. The molecule has 1 aliphatic carbocycles. The zero-order valence-corrected chi connectivity index (χ0v) is 18.2.